The third-order valence-corrected chi connectivity index (χ3v) is 6.22. The van der Waals surface area contributed by atoms with E-state index in [-0.39, 0.29) is 5.91 Å². The summed E-state index contributed by atoms with van der Waals surface area (Å²) in [6, 6.07) is 16.7. The maximum Gasteiger partial charge on any atom is 0.227 e. The van der Waals surface area contributed by atoms with Crippen LogP contribution < -0.4 is 9.47 Å². The van der Waals surface area contributed by atoms with Crippen LogP contribution in [-0.4, -0.2) is 56.6 Å². The molecule has 2 aromatic carbocycles. The van der Waals surface area contributed by atoms with E-state index in [4.69, 9.17) is 9.47 Å². The molecule has 2 saturated heterocycles. The number of amides is 1. The summed E-state index contributed by atoms with van der Waals surface area (Å²) in [6.07, 6.45) is 0.339. The Labute approximate surface area is 166 Å². The van der Waals surface area contributed by atoms with E-state index in [1.807, 2.05) is 23.1 Å². The molecular formula is C23H28N2O3. The van der Waals surface area contributed by atoms with Crippen molar-refractivity contribution in [1.82, 2.24) is 9.80 Å². The van der Waals surface area contributed by atoms with Crippen molar-refractivity contribution in [3.8, 4) is 11.5 Å². The van der Waals surface area contributed by atoms with Gasteiger partial charge in [-0.1, -0.05) is 30.3 Å². The smallest absolute Gasteiger partial charge is 0.227 e. The number of fused-ring (bicyclic) bond motifs is 1. The van der Waals surface area contributed by atoms with Crippen LogP contribution in [0.15, 0.2) is 48.5 Å². The van der Waals surface area contributed by atoms with E-state index in [0.717, 1.165) is 36.7 Å². The van der Waals surface area contributed by atoms with Crippen molar-refractivity contribution in [3.05, 3.63) is 59.7 Å². The zero-order valence-corrected chi connectivity index (χ0v) is 16.8. The van der Waals surface area contributed by atoms with Crippen LogP contribution in [0.5, 0.6) is 11.5 Å². The first-order valence-electron chi connectivity index (χ1n) is 9.84. The second-order valence-electron chi connectivity index (χ2n) is 7.87. The number of likely N-dealkylation sites (tertiary alicyclic amines) is 2. The lowest BCUT2D eigenvalue weighted by Gasteiger charge is -2.27. The molecule has 0 aromatic heterocycles. The van der Waals surface area contributed by atoms with Gasteiger partial charge in [-0.2, -0.15) is 0 Å². The predicted molar refractivity (Wildman–Crippen MR) is 109 cm³/mol. The van der Waals surface area contributed by atoms with E-state index >= 15 is 0 Å². The molecule has 1 amide bonds. The fraction of sp³-hybridized carbons (Fsp3) is 0.435. The molecule has 4 rings (SSSR count). The number of hydrogen-bond acceptors (Lipinski definition) is 4. The summed E-state index contributed by atoms with van der Waals surface area (Å²) in [5.74, 6) is 2.66. The maximum atomic E-state index is 13.1. The predicted octanol–water partition coefficient (Wildman–Crippen LogP) is 3.01. The van der Waals surface area contributed by atoms with E-state index < -0.39 is 0 Å². The normalized spacial score (nSPS) is 24.2. The van der Waals surface area contributed by atoms with Crippen LogP contribution in [0.2, 0.25) is 0 Å². The number of ether oxygens (including phenoxy) is 2. The topological polar surface area (TPSA) is 42.0 Å². The van der Waals surface area contributed by atoms with Gasteiger partial charge < -0.3 is 14.4 Å². The van der Waals surface area contributed by atoms with Crippen molar-refractivity contribution >= 4 is 5.91 Å². The van der Waals surface area contributed by atoms with E-state index in [1.54, 1.807) is 14.2 Å². The molecule has 2 fully saturated rings. The molecule has 0 N–H and O–H groups in total. The number of carbonyl (C=O) groups excluding carboxylic acids is 1. The van der Waals surface area contributed by atoms with Crippen LogP contribution in [0.25, 0.3) is 0 Å². The van der Waals surface area contributed by atoms with Gasteiger partial charge in [-0.3, -0.25) is 9.69 Å². The highest BCUT2D eigenvalue weighted by Crippen LogP contribution is 2.44. The standard InChI is InChI=1S/C23H28N2O3/c1-24-13-18-14-25(15-20(18)23(24)16-7-5-4-6-8-16)22(26)12-17-11-19(27-2)9-10-21(17)28-3/h4-11,18,20,23H,12-15H2,1-3H3/t18-,20+,23-/m0/s1. The van der Waals surface area contributed by atoms with E-state index in [0.29, 0.717) is 24.3 Å². The van der Waals surface area contributed by atoms with Crippen molar-refractivity contribution in [1.29, 1.82) is 0 Å². The molecule has 5 nitrogen and oxygen atoms in total. The Kier molecular flexibility index (Phi) is 5.27. The van der Waals surface area contributed by atoms with Crippen LogP contribution in [0.4, 0.5) is 0 Å². The molecule has 0 radical (unpaired) electrons. The summed E-state index contributed by atoms with van der Waals surface area (Å²) in [7, 11) is 5.47. The van der Waals surface area contributed by atoms with Gasteiger partial charge in [0.25, 0.3) is 0 Å². The molecule has 0 saturated carbocycles. The van der Waals surface area contributed by atoms with Gasteiger partial charge in [0.15, 0.2) is 0 Å². The lowest BCUT2D eigenvalue weighted by Crippen LogP contribution is -2.34. The SMILES string of the molecule is COc1ccc(OC)c(CC(=O)N2C[C@@H]3CN(C)[C@@H](c4ccccc4)[C@@H]3C2)c1. The Balaban J connectivity index is 1.48. The van der Waals surface area contributed by atoms with Gasteiger partial charge in [0, 0.05) is 37.2 Å². The molecule has 0 aliphatic carbocycles. The summed E-state index contributed by atoms with van der Waals surface area (Å²) in [6.45, 7) is 2.69. The molecule has 0 bridgehead atoms. The molecule has 2 aliphatic heterocycles. The largest absolute Gasteiger partial charge is 0.497 e. The zero-order valence-electron chi connectivity index (χ0n) is 16.8. The Hall–Kier alpha value is -2.53. The fourth-order valence-corrected chi connectivity index (χ4v) is 4.91. The van der Waals surface area contributed by atoms with Gasteiger partial charge in [0.05, 0.1) is 20.6 Å². The lowest BCUT2D eigenvalue weighted by molar-refractivity contribution is -0.129. The minimum atomic E-state index is 0.162. The van der Waals surface area contributed by atoms with E-state index in [9.17, 15) is 4.79 Å². The highest BCUT2D eigenvalue weighted by atomic mass is 16.5. The second-order valence-corrected chi connectivity index (χ2v) is 7.87. The average molecular weight is 380 g/mol. The summed E-state index contributed by atoms with van der Waals surface area (Å²) < 4.78 is 10.7. The lowest BCUT2D eigenvalue weighted by atomic mass is 9.90. The third-order valence-electron chi connectivity index (χ3n) is 6.22. The van der Waals surface area contributed by atoms with Crippen molar-refractivity contribution in [3.63, 3.8) is 0 Å². The van der Waals surface area contributed by atoms with Crippen LogP contribution in [-0.2, 0) is 11.2 Å². The fourth-order valence-electron chi connectivity index (χ4n) is 4.91. The van der Waals surface area contributed by atoms with E-state index in [1.165, 1.54) is 5.56 Å². The Morgan fingerprint density at radius 3 is 2.54 bits per heavy atom. The van der Waals surface area contributed by atoms with Gasteiger partial charge in [-0.15, -0.1) is 0 Å². The summed E-state index contributed by atoms with van der Waals surface area (Å²) in [4.78, 5) is 17.5. The molecule has 0 unspecified atom stereocenters. The number of nitrogens with zero attached hydrogens (tertiary/aromatic N) is 2. The van der Waals surface area contributed by atoms with Crippen molar-refractivity contribution in [2.24, 2.45) is 11.8 Å². The minimum Gasteiger partial charge on any atom is -0.497 e. The van der Waals surface area contributed by atoms with Crippen LogP contribution in [0.1, 0.15) is 17.2 Å². The van der Waals surface area contributed by atoms with Gasteiger partial charge in [0.2, 0.25) is 5.91 Å². The molecule has 148 valence electrons. The van der Waals surface area contributed by atoms with Crippen LogP contribution in [0.3, 0.4) is 0 Å². The van der Waals surface area contributed by atoms with Crippen LogP contribution >= 0.6 is 0 Å². The molecule has 2 aliphatic rings. The third kappa shape index (κ3) is 3.47. The zero-order chi connectivity index (χ0) is 19.7. The number of carbonyl (C=O) groups is 1. The molecule has 2 aromatic rings. The first-order valence-corrected chi connectivity index (χ1v) is 9.84. The second kappa shape index (κ2) is 7.84. The number of methoxy groups -OCH3 is 2. The number of hydrogen-bond donors (Lipinski definition) is 0. The molecule has 5 heteroatoms. The number of rotatable bonds is 5. The van der Waals surface area contributed by atoms with Crippen LogP contribution in [0, 0.1) is 11.8 Å². The minimum absolute atomic E-state index is 0.162. The Bertz CT molecular complexity index is 839. The first-order chi connectivity index (χ1) is 13.6. The van der Waals surface area contributed by atoms with Crippen molar-refractivity contribution in [2.45, 2.75) is 12.5 Å². The molecular weight excluding hydrogens is 352 g/mol. The summed E-state index contributed by atoms with van der Waals surface area (Å²) in [5.41, 5.74) is 2.22. The maximum absolute atomic E-state index is 13.1. The van der Waals surface area contributed by atoms with Gasteiger partial charge >= 0.3 is 0 Å². The number of benzene rings is 2. The Morgan fingerprint density at radius 2 is 1.82 bits per heavy atom. The highest BCUT2D eigenvalue weighted by molar-refractivity contribution is 5.80. The van der Waals surface area contributed by atoms with Gasteiger partial charge in [0.1, 0.15) is 11.5 Å². The van der Waals surface area contributed by atoms with E-state index in [2.05, 4.69) is 42.3 Å². The highest BCUT2D eigenvalue weighted by Gasteiger charge is 2.47. The summed E-state index contributed by atoms with van der Waals surface area (Å²) >= 11 is 0. The molecule has 0 spiro atoms. The monoisotopic (exact) mass is 380 g/mol. The Morgan fingerprint density at radius 1 is 1.04 bits per heavy atom. The summed E-state index contributed by atoms with van der Waals surface area (Å²) in [5, 5.41) is 0. The first kappa shape index (κ1) is 18.8. The van der Waals surface area contributed by atoms with Crippen molar-refractivity contribution < 1.29 is 14.3 Å². The van der Waals surface area contributed by atoms with Gasteiger partial charge in [-0.05, 0) is 36.7 Å². The molecule has 28 heavy (non-hydrogen) atoms. The van der Waals surface area contributed by atoms with Crippen molar-refractivity contribution in [2.75, 3.05) is 40.9 Å². The average Bonchev–Trinajstić information content (AvgIpc) is 3.25. The molecule has 3 atom stereocenters. The quantitative estimate of drug-likeness (QED) is 0.800. The van der Waals surface area contributed by atoms with Gasteiger partial charge in [-0.25, -0.2) is 0 Å². The molecule has 2 heterocycles.